The van der Waals surface area contributed by atoms with Crippen LogP contribution < -0.4 is 5.73 Å². The van der Waals surface area contributed by atoms with Gasteiger partial charge in [-0.3, -0.25) is 4.90 Å². The van der Waals surface area contributed by atoms with Gasteiger partial charge in [0.05, 0.1) is 6.04 Å². The molecular weight excluding hydrogens is 346 g/mol. The van der Waals surface area contributed by atoms with Crippen molar-refractivity contribution in [1.82, 2.24) is 9.80 Å². The van der Waals surface area contributed by atoms with E-state index in [1.807, 2.05) is 0 Å². The molecule has 1 heterocycles. The van der Waals surface area contributed by atoms with Crippen LogP contribution in [-0.2, 0) is 0 Å². The Hall–Kier alpha value is 0.350. The first kappa shape index (κ1) is 17.4. The van der Waals surface area contributed by atoms with Crippen molar-refractivity contribution in [3.05, 3.63) is 19.8 Å². The van der Waals surface area contributed by atoms with Gasteiger partial charge in [-0.15, -0.1) is 11.3 Å². The van der Waals surface area contributed by atoms with Gasteiger partial charge in [-0.1, -0.05) is 18.5 Å². The summed E-state index contributed by atoms with van der Waals surface area (Å²) in [6.07, 6.45) is 1.15. The highest BCUT2D eigenvalue weighted by Gasteiger charge is 2.20. The number of likely N-dealkylation sites (N-methyl/N-ethyl adjacent to an activating group) is 1. The Kier molecular flexibility index (Phi) is 7.87. The zero-order chi connectivity index (χ0) is 14.4. The molecule has 1 unspecified atom stereocenters. The second-order valence-electron chi connectivity index (χ2n) is 4.81. The normalized spacial score (nSPS) is 13.5. The molecule has 0 amide bonds. The minimum atomic E-state index is 0.265. The molecule has 0 fully saturated rings. The first-order valence-corrected chi connectivity index (χ1v) is 8.51. The fraction of sp³-hybridized carbons (Fsp3) is 0.692. The lowest BCUT2D eigenvalue weighted by Gasteiger charge is -2.29. The Morgan fingerprint density at radius 3 is 2.53 bits per heavy atom. The Morgan fingerprint density at radius 1 is 1.42 bits per heavy atom. The first-order chi connectivity index (χ1) is 8.99. The molecule has 3 nitrogen and oxygen atoms in total. The van der Waals surface area contributed by atoms with Gasteiger partial charge in [0, 0.05) is 22.4 Å². The quantitative estimate of drug-likeness (QED) is 0.763. The smallest absolute Gasteiger partial charge is 0.107 e. The molecule has 0 aliphatic carbocycles. The Bertz CT molecular complexity index is 364. The van der Waals surface area contributed by atoms with E-state index < -0.39 is 0 Å². The van der Waals surface area contributed by atoms with E-state index >= 15 is 0 Å². The van der Waals surface area contributed by atoms with Crippen LogP contribution in [0.1, 0.15) is 24.3 Å². The Labute approximate surface area is 133 Å². The third kappa shape index (κ3) is 5.33. The van der Waals surface area contributed by atoms with Crippen molar-refractivity contribution in [1.29, 1.82) is 0 Å². The summed E-state index contributed by atoms with van der Waals surface area (Å²) in [4.78, 5) is 5.88. The number of thiophene rings is 1. The standard InChI is InChI=1S/C13H23BrClN3S/c1-4-18(7-5-6-17(2)3)11(9-16)12-8-10(14)13(15)19-12/h8,11H,4-7,9,16H2,1-3H3. The van der Waals surface area contributed by atoms with Crippen LogP contribution in [0.5, 0.6) is 0 Å². The maximum Gasteiger partial charge on any atom is 0.107 e. The lowest BCUT2D eigenvalue weighted by atomic mass is 10.2. The zero-order valence-electron chi connectivity index (χ0n) is 11.8. The summed E-state index contributed by atoms with van der Waals surface area (Å²) in [5.74, 6) is 0. The third-order valence-corrected chi connectivity index (χ3v) is 5.69. The minimum Gasteiger partial charge on any atom is -0.329 e. The predicted molar refractivity (Wildman–Crippen MR) is 89.2 cm³/mol. The molecule has 0 aliphatic rings. The van der Waals surface area contributed by atoms with Crippen molar-refractivity contribution in [2.45, 2.75) is 19.4 Å². The SMILES string of the molecule is CCN(CCCN(C)C)C(CN)c1cc(Br)c(Cl)s1. The molecule has 1 aromatic heterocycles. The van der Waals surface area contributed by atoms with Crippen LogP contribution in [0, 0.1) is 0 Å². The van der Waals surface area contributed by atoms with Crippen molar-refractivity contribution < 1.29 is 0 Å². The Morgan fingerprint density at radius 2 is 2.11 bits per heavy atom. The van der Waals surface area contributed by atoms with Gasteiger partial charge in [0.25, 0.3) is 0 Å². The molecule has 0 saturated carbocycles. The van der Waals surface area contributed by atoms with Crippen LogP contribution in [0.3, 0.4) is 0 Å². The number of hydrogen-bond donors (Lipinski definition) is 1. The molecule has 6 heteroatoms. The van der Waals surface area contributed by atoms with E-state index in [1.54, 1.807) is 11.3 Å². The van der Waals surface area contributed by atoms with Gasteiger partial charge in [-0.25, -0.2) is 0 Å². The highest BCUT2D eigenvalue weighted by Crippen LogP contribution is 2.36. The average Bonchev–Trinajstić information content (AvgIpc) is 2.68. The number of nitrogens with two attached hydrogens (primary N) is 1. The molecule has 0 spiro atoms. The Balaban J connectivity index is 2.69. The highest BCUT2D eigenvalue weighted by molar-refractivity contribution is 9.10. The molecule has 1 aromatic rings. The molecule has 19 heavy (non-hydrogen) atoms. The molecule has 0 radical (unpaired) electrons. The van der Waals surface area contributed by atoms with E-state index in [2.05, 4.69) is 52.8 Å². The van der Waals surface area contributed by atoms with Gasteiger partial charge in [-0.2, -0.15) is 0 Å². The van der Waals surface area contributed by atoms with E-state index in [4.69, 9.17) is 17.3 Å². The second kappa shape index (κ2) is 8.60. The van der Waals surface area contributed by atoms with Gasteiger partial charge in [0.2, 0.25) is 0 Å². The van der Waals surface area contributed by atoms with Crippen LogP contribution in [0.25, 0.3) is 0 Å². The minimum absolute atomic E-state index is 0.265. The summed E-state index contributed by atoms with van der Waals surface area (Å²) >= 11 is 11.2. The number of halogens is 2. The summed E-state index contributed by atoms with van der Waals surface area (Å²) in [7, 11) is 4.21. The van der Waals surface area contributed by atoms with E-state index in [-0.39, 0.29) is 6.04 Å². The molecular formula is C13H23BrClN3S. The average molecular weight is 369 g/mol. The molecule has 2 N–H and O–H groups in total. The fourth-order valence-electron chi connectivity index (χ4n) is 2.10. The summed E-state index contributed by atoms with van der Waals surface area (Å²) in [5.41, 5.74) is 5.97. The van der Waals surface area contributed by atoms with Gasteiger partial charge in [0.1, 0.15) is 4.34 Å². The van der Waals surface area contributed by atoms with Crippen LogP contribution in [0.2, 0.25) is 4.34 Å². The van der Waals surface area contributed by atoms with Crippen LogP contribution in [0.15, 0.2) is 10.5 Å². The maximum atomic E-state index is 6.13. The van der Waals surface area contributed by atoms with E-state index in [0.29, 0.717) is 6.54 Å². The largest absolute Gasteiger partial charge is 0.329 e. The predicted octanol–water partition coefficient (Wildman–Crippen LogP) is 3.44. The lowest BCUT2D eigenvalue weighted by Crippen LogP contribution is -2.35. The monoisotopic (exact) mass is 367 g/mol. The molecule has 0 aliphatic heterocycles. The van der Waals surface area contributed by atoms with E-state index in [0.717, 1.165) is 34.9 Å². The molecule has 0 aromatic carbocycles. The van der Waals surface area contributed by atoms with Crippen LogP contribution in [0.4, 0.5) is 0 Å². The van der Waals surface area contributed by atoms with Gasteiger partial charge >= 0.3 is 0 Å². The van der Waals surface area contributed by atoms with Crippen molar-refractivity contribution in [3.8, 4) is 0 Å². The third-order valence-electron chi connectivity index (χ3n) is 3.11. The summed E-state index contributed by atoms with van der Waals surface area (Å²) in [6.45, 7) is 5.97. The molecule has 1 rings (SSSR count). The van der Waals surface area contributed by atoms with Crippen molar-refractivity contribution >= 4 is 38.9 Å². The number of nitrogens with zero attached hydrogens (tertiary/aromatic N) is 2. The van der Waals surface area contributed by atoms with Crippen LogP contribution in [-0.4, -0.2) is 50.1 Å². The van der Waals surface area contributed by atoms with Gasteiger partial charge in [0.15, 0.2) is 0 Å². The first-order valence-electron chi connectivity index (χ1n) is 6.53. The van der Waals surface area contributed by atoms with Gasteiger partial charge < -0.3 is 10.6 Å². The molecule has 0 saturated heterocycles. The molecule has 110 valence electrons. The maximum absolute atomic E-state index is 6.13. The molecule has 0 bridgehead atoms. The number of rotatable bonds is 8. The summed E-state index contributed by atoms with van der Waals surface area (Å²) in [6, 6.07) is 2.36. The number of hydrogen-bond acceptors (Lipinski definition) is 4. The lowest BCUT2D eigenvalue weighted by molar-refractivity contribution is 0.204. The van der Waals surface area contributed by atoms with Crippen molar-refractivity contribution in [3.63, 3.8) is 0 Å². The second-order valence-corrected chi connectivity index (χ2v) is 7.35. The summed E-state index contributed by atoms with van der Waals surface area (Å²) in [5, 5.41) is 0. The van der Waals surface area contributed by atoms with Crippen LogP contribution >= 0.6 is 38.9 Å². The zero-order valence-corrected chi connectivity index (χ0v) is 15.0. The van der Waals surface area contributed by atoms with Crippen molar-refractivity contribution in [2.24, 2.45) is 5.73 Å². The van der Waals surface area contributed by atoms with E-state index in [1.165, 1.54) is 4.88 Å². The highest BCUT2D eigenvalue weighted by atomic mass is 79.9. The fourth-order valence-corrected chi connectivity index (χ4v) is 3.98. The summed E-state index contributed by atoms with van der Waals surface area (Å²) < 4.78 is 1.77. The van der Waals surface area contributed by atoms with E-state index in [9.17, 15) is 0 Å². The topological polar surface area (TPSA) is 32.5 Å². The van der Waals surface area contributed by atoms with Crippen molar-refractivity contribution in [2.75, 3.05) is 40.3 Å². The van der Waals surface area contributed by atoms with Gasteiger partial charge in [-0.05, 0) is 55.6 Å². The molecule has 1 atom stereocenters.